The zero-order valence-corrected chi connectivity index (χ0v) is 7.95. The monoisotopic (exact) mass is 202 g/mol. The van der Waals surface area contributed by atoms with E-state index in [1.807, 2.05) is 36.4 Å². The second kappa shape index (κ2) is 3.48. The van der Waals surface area contributed by atoms with Gasteiger partial charge in [-0.25, -0.2) is 0 Å². The van der Waals surface area contributed by atoms with E-state index in [0.717, 1.165) is 17.1 Å². The van der Waals surface area contributed by atoms with E-state index in [1.165, 1.54) is 0 Å². The van der Waals surface area contributed by atoms with E-state index >= 15 is 0 Å². The highest BCUT2D eigenvalue weighted by molar-refractivity contribution is 7.10. The summed E-state index contributed by atoms with van der Waals surface area (Å²) in [6.07, 6.45) is 0. The average molecular weight is 202 g/mol. The highest BCUT2D eigenvalue weighted by Crippen LogP contribution is 2.32. The molecule has 14 heavy (non-hydrogen) atoms. The molecule has 4 heteroatoms. The fourth-order valence-electron chi connectivity index (χ4n) is 1.17. The maximum Gasteiger partial charge on any atom is 0.241 e. The third kappa shape index (κ3) is 1.34. The fraction of sp³-hybridized carbons (Fsp3) is 0. The molecule has 0 bridgehead atoms. The van der Waals surface area contributed by atoms with Crippen molar-refractivity contribution in [2.24, 2.45) is 0 Å². The van der Waals surface area contributed by atoms with Gasteiger partial charge < -0.3 is 5.11 Å². The zero-order valence-electron chi connectivity index (χ0n) is 7.14. The van der Waals surface area contributed by atoms with Crippen LogP contribution in [0.3, 0.4) is 0 Å². The van der Waals surface area contributed by atoms with Gasteiger partial charge in [-0.2, -0.15) is 9.64 Å². The predicted molar refractivity (Wildman–Crippen MR) is 53.9 cm³/mol. The van der Waals surface area contributed by atoms with Crippen molar-refractivity contribution in [1.29, 1.82) is 5.26 Å². The molecule has 1 N–H and O–H groups in total. The first-order valence-corrected chi connectivity index (χ1v) is 4.74. The molecule has 1 aromatic heterocycles. The molecule has 0 saturated heterocycles. The number of aromatic nitrogens is 1. The Bertz CT molecular complexity index is 485. The normalized spacial score (nSPS) is 9.64. The summed E-state index contributed by atoms with van der Waals surface area (Å²) < 4.78 is 3.74. The minimum Gasteiger partial charge on any atom is -0.492 e. The van der Waals surface area contributed by atoms with E-state index in [2.05, 4.69) is 4.37 Å². The molecule has 0 aliphatic heterocycles. The first-order chi connectivity index (χ1) is 6.83. The lowest BCUT2D eigenvalue weighted by molar-refractivity contribution is 0.458. The molecular formula is C10H6N2OS. The summed E-state index contributed by atoms with van der Waals surface area (Å²) in [6.45, 7) is 0. The summed E-state index contributed by atoms with van der Waals surface area (Å²) in [5.74, 6) is -0.184. The Hall–Kier alpha value is -1.86. The lowest BCUT2D eigenvalue weighted by Gasteiger charge is -1.95. The highest BCUT2D eigenvalue weighted by atomic mass is 32.1. The van der Waals surface area contributed by atoms with E-state index in [1.54, 1.807) is 0 Å². The Morgan fingerprint density at radius 1 is 1.29 bits per heavy atom. The van der Waals surface area contributed by atoms with Gasteiger partial charge in [0.25, 0.3) is 0 Å². The molecule has 0 saturated carbocycles. The largest absolute Gasteiger partial charge is 0.492 e. The van der Waals surface area contributed by atoms with Crippen LogP contribution in [0.2, 0.25) is 0 Å². The van der Waals surface area contributed by atoms with Gasteiger partial charge >= 0.3 is 0 Å². The molecule has 3 nitrogen and oxygen atoms in total. The Morgan fingerprint density at radius 3 is 2.64 bits per heavy atom. The van der Waals surface area contributed by atoms with Gasteiger partial charge in [0.1, 0.15) is 11.6 Å². The first kappa shape index (κ1) is 8.73. The van der Waals surface area contributed by atoms with Crippen molar-refractivity contribution in [3.05, 3.63) is 35.9 Å². The van der Waals surface area contributed by atoms with Crippen LogP contribution in [0, 0.1) is 11.3 Å². The Balaban J connectivity index is 2.59. The maximum absolute atomic E-state index is 9.27. The second-order valence-corrected chi connectivity index (χ2v) is 3.46. The summed E-state index contributed by atoms with van der Waals surface area (Å²) in [5, 5.41) is 18.1. The molecule has 2 aromatic rings. The van der Waals surface area contributed by atoms with Crippen molar-refractivity contribution in [1.82, 2.24) is 4.37 Å². The molecule has 0 aliphatic carbocycles. The van der Waals surface area contributed by atoms with Crippen LogP contribution in [-0.2, 0) is 0 Å². The fourth-order valence-corrected chi connectivity index (χ4v) is 1.91. The van der Waals surface area contributed by atoms with E-state index in [0.29, 0.717) is 4.88 Å². The predicted octanol–water partition coefficient (Wildman–Crippen LogP) is 2.39. The summed E-state index contributed by atoms with van der Waals surface area (Å²) in [4.78, 5) is 0.714. The van der Waals surface area contributed by atoms with Gasteiger partial charge in [0, 0.05) is 0 Å². The summed E-state index contributed by atoms with van der Waals surface area (Å²) >= 11 is 1.13. The number of nitrogens with zero attached hydrogens (tertiary/aromatic N) is 2. The Labute approximate surface area is 85.0 Å². The van der Waals surface area contributed by atoms with Gasteiger partial charge in [-0.05, 0) is 17.1 Å². The third-order valence-electron chi connectivity index (χ3n) is 1.82. The van der Waals surface area contributed by atoms with Crippen molar-refractivity contribution in [2.75, 3.05) is 0 Å². The van der Waals surface area contributed by atoms with Gasteiger partial charge in [0.2, 0.25) is 5.88 Å². The van der Waals surface area contributed by atoms with Crippen molar-refractivity contribution in [3.8, 4) is 22.4 Å². The number of aromatic hydroxyl groups is 1. The van der Waals surface area contributed by atoms with E-state index in [9.17, 15) is 5.11 Å². The van der Waals surface area contributed by atoms with E-state index in [4.69, 9.17) is 5.26 Å². The molecule has 0 fully saturated rings. The van der Waals surface area contributed by atoms with Crippen molar-refractivity contribution in [3.63, 3.8) is 0 Å². The van der Waals surface area contributed by atoms with Crippen LogP contribution >= 0.6 is 11.5 Å². The van der Waals surface area contributed by atoms with Crippen LogP contribution in [0.15, 0.2) is 30.3 Å². The summed E-state index contributed by atoms with van der Waals surface area (Å²) in [5.41, 5.74) is 1.16. The maximum atomic E-state index is 9.27. The van der Waals surface area contributed by atoms with Gasteiger partial charge in [-0.15, -0.1) is 0 Å². The molecular weight excluding hydrogens is 196 g/mol. The van der Waals surface area contributed by atoms with Gasteiger partial charge in [0.05, 0.1) is 4.88 Å². The number of hydrogen-bond acceptors (Lipinski definition) is 4. The van der Waals surface area contributed by atoms with E-state index < -0.39 is 0 Å². The second-order valence-electron chi connectivity index (χ2n) is 2.69. The van der Waals surface area contributed by atoms with Crippen LogP contribution in [0.1, 0.15) is 5.56 Å². The highest BCUT2D eigenvalue weighted by Gasteiger charge is 2.13. The molecule has 0 atom stereocenters. The minimum absolute atomic E-state index is 0.184. The quantitative estimate of drug-likeness (QED) is 0.772. The van der Waals surface area contributed by atoms with Gasteiger partial charge in [-0.1, -0.05) is 30.3 Å². The number of nitriles is 1. The topological polar surface area (TPSA) is 56.9 Å². The van der Waals surface area contributed by atoms with Crippen molar-refractivity contribution >= 4 is 11.5 Å². The lowest BCUT2D eigenvalue weighted by atomic mass is 10.1. The standard InChI is InChI=1S/C10H6N2OS/c11-6-8-9(14-12-10(8)13)7-4-2-1-3-5-7/h1-5H,(H,12,13). The van der Waals surface area contributed by atoms with Crippen LogP contribution in [0.5, 0.6) is 5.88 Å². The van der Waals surface area contributed by atoms with Crippen LogP contribution in [-0.4, -0.2) is 9.48 Å². The zero-order chi connectivity index (χ0) is 9.97. The minimum atomic E-state index is -0.184. The molecule has 1 aromatic carbocycles. The first-order valence-electron chi connectivity index (χ1n) is 3.97. The molecule has 0 radical (unpaired) electrons. The Morgan fingerprint density at radius 2 is 2.00 bits per heavy atom. The van der Waals surface area contributed by atoms with E-state index in [-0.39, 0.29) is 11.4 Å². The molecule has 1 heterocycles. The number of rotatable bonds is 1. The molecule has 2 rings (SSSR count). The van der Waals surface area contributed by atoms with Gasteiger partial charge in [0.15, 0.2) is 0 Å². The Kier molecular flexibility index (Phi) is 2.17. The van der Waals surface area contributed by atoms with Gasteiger partial charge in [-0.3, -0.25) is 0 Å². The molecule has 0 unspecified atom stereocenters. The summed E-state index contributed by atoms with van der Waals surface area (Å²) in [6, 6.07) is 11.4. The van der Waals surface area contributed by atoms with Crippen LogP contribution in [0.25, 0.3) is 10.4 Å². The number of hydrogen-bond donors (Lipinski definition) is 1. The van der Waals surface area contributed by atoms with Crippen molar-refractivity contribution < 1.29 is 5.11 Å². The molecule has 0 amide bonds. The lowest BCUT2D eigenvalue weighted by Crippen LogP contribution is -1.76. The third-order valence-corrected chi connectivity index (χ3v) is 2.71. The summed E-state index contributed by atoms with van der Waals surface area (Å²) in [7, 11) is 0. The van der Waals surface area contributed by atoms with Crippen LogP contribution < -0.4 is 0 Å². The molecule has 0 spiro atoms. The van der Waals surface area contributed by atoms with Crippen LogP contribution in [0.4, 0.5) is 0 Å². The smallest absolute Gasteiger partial charge is 0.241 e. The average Bonchev–Trinajstić information content (AvgIpc) is 2.61. The SMILES string of the molecule is N#Cc1c(O)nsc1-c1ccccc1. The van der Waals surface area contributed by atoms with Crippen molar-refractivity contribution in [2.45, 2.75) is 0 Å². The molecule has 68 valence electrons. The number of benzene rings is 1. The molecule has 0 aliphatic rings.